The zero-order valence-electron chi connectivity index (χ0n) is 9.11. The number of carboxylic acids is 2. The molecule has 2 N–H and O–H groups in total. The Morgan fingerprint density at radius 3 is 1.93 bits per heavy atom. The average Bonchev–Trinajstić information content (AvgIpc) is 2.14. The van der Waals surface area contributed by atoms with Crippen LogP contribution in [-0.2, 0) is 14.3 Å². The number of carboxylic acid groups (broad SMARTS) is 2. The third-order valence-corrected chi connectivity index (χ3v) is 2.03. The molecule has 1 unspecified atom stereocenters. The molecule has 0 amide bonds. The van der Waals surface area contributed by atoms with Gasteiger partial charge in [0.2, 0.25) is 0 Å². The molecule has 0 aliphatic carbocycles. The van der Waals surface area contributed by atoms with Gasteiger partial charge in [-0.05, 0) is 13.3 Å². The lowest BCUT2D eigenvalue weighted by atomic mass is 10.0. The number of hydrogen-bond donors (Lipinski definition) is 2. The second-order valence-corrected chi connectivity index (χ2v) is 3.09. The lowest BCUT2D eigenvalue weighted by Gasteiger charge is -2.16. The van der Waals surface area contributed by atoms with Crippen molar-refractivity contribution in [1.82, 2.24) is 0 Å². The topological polar surface area (TPSA) is 83.8 Å². The Morgan fingerprint density at radius 2 is 1.67 bits per heavy atom. The van der Waals surface area contributed by atoms with Gasteiger partial charge < -0.3 is 14.9 Å². The fourth-order valence-electron chi connectivity index (χ4n) is 1.10. The highest BCUT2D eigenvalue weighted by molar-refractivity contribution is 6.12. The van der Waals surface area contributed by atoms with Crippen molar-refractivity contribution in [3.63, 3.8) is 0 Å². The van der Waals surface area contributed by atoms with Crippen molar-refractivity contribution < 1.29 is 24.5 Å². The van der Waals surface area contributed by atoms with E-state index in [-0.39, 0.29) is 18.3 Å². The van der Waals surface area contributed by atoms with Crippen LogP contribution < -0.4 is 0 Å². The van der Waals surface area contributed by atoms with Crippen molar-refractivity contribution in [2.45, 2.75) is 27.2 Å². The molecule has 86 valence electrons. The minimum absolute atomic E-state index is 0.0417. The van der Waals surface area contributed by atoms with Gasteiger partial charge in [-0.2, -0.15) is 0 Å². The minimum Gasteiger partial charge on any atom is -0.497 e. The van der Waals surface area contributed by atoms with Gasteiger partial charge in [0, 0.05) is 5.92 Å². The Kier molecular flexibility index (Phi) is 5.44. The molecule has 0 aromatic carbocycles. The van der Waals surface area contributed by atoms with E-state index in [1.807, 2.05) is 6.92 Å². The summed E-state index contributed by atoms with van der Waals surface area (Å²) in [5, 5.41) is 17.5. The number of rotatable bonds is 6. The second kappa shape index (κ2) is 6.06. The second-order valence-electron chi connectivity index (χ2n) is 3.09. The molecular formula is C10H16O5. The Hall–Kier alpha value is -1.52. The molecule has 0 aliphatic rings. The molecule has 5 nitrogen and oxygen atoms in total. The van der Waals surface area contributed by atoms with Crippen LogP contribution in [-0.4, -0.2) is 28.8 Å². The molecule has 0 aromatic heterocycles. The highest BCUT2D eigenvalue weighted by Gasteiger charge is 2.26. The van der Waals surface area contributed by atoms with Gasteiger partial charge in [0.15, 0.2) is 5.57 Å². The maximum atomic E-state index is 10.8. The number of ether oxygens (including phenoxy) is 1. The Labute approximate surface area is 88.4 Å². The maximum Gasteiger partial charge on any atom is 0.346 e. The lowest BCUT2D eigenvalue weighted by molar-refractivity contribution is -0.140. The molecular weight excluding hydrogens is 200 g/mol. The Morgan fingerprint density at radius 1 is 1.20 bits per heavy atom. The zero-order chi connectivity index (χ0) is 12.0. The van der Waals surface area contributed by atoms with Crippen molar-refractivity contribution in [2.24, 2.45) is 5.92 Å². The molecule has 0 aliphatic heterocycles. The molecule has 0 spiro atoms. The van der Waals surface area contributed by atoms with E-state index in [0.717, 1.165) is 0 Å². The minimum atomic E-state index is -1.47. The van der Waals surface area contributed by atoms with E-state index in [2.05, 4.69) is 0 Å². The molecule has 5 heteroatoms. The Bertz CT molecular complexity index is 264. The quantitative estimate of drug-likeness (QED) is 0.304. The first-order valence-electron chi connectivity index (χ1n) is 4.79. The van der Waals surface area contributed by atoms with Crippen LogP contribution >= 0.6 is 0 Å². The van der Waals surface area contributed by atoms with Gasteiger partial charge in [-0.25, -0.2) is 9.59 Å². The monoisotopic (exact) mass is 216 g/mol. The van der Waals surface area contributed by atoms with E-state index in [0.29, 0.717) is 6.42 Å². The van der Waals surface area contributed by atoms with Crippen molar-refractivity contribution in [3.8, 4) is 0 Å². The van der Waals surface area contributed by atoms with E-state index in [4.69, 9.17) is 14.9 Å². The number of aliphatic carboxylic acids is 2. The van der Waals surface area contributed by atoms with Crippen LogP contribution in [0.2, 0.25) is 0 Å². The maximum absolute atomic E-state index is 10.8. The van der Waals surface area contributed by atoms with Gasteiger partial charge in [0.25, 0.3) is 0 Å². The first kappa shape index (κ1) is 13.5. The van der Waals surface area contributed by atoms with Crippen LogP contribution in [0.15, 0.2) is 11.3 Å². The molecule has 1 atom stereocenters. The standard InChI is InChI=1S/C10H16O5/c1-4-6(3)8(15-5-2)7(9(11)12)10(13)14/h6H,4-5H2,1-3H3,(H,11,12)(H,13,14). The van der Waals surface area contributed by atoms with Gasteiger partial charge in [-0.15, -0.1) is 0 Å². The summed E-state index contributed by atoms with van der Waals surface area (Å²) < 4.78 is 5.10. The number of allylic oxidation sites excluding steroid dienone is 1. The predicted octanol–water partition coefficient (Wildman–Crippen LogP) is 1.49. The van der Waals surface area contributed by atoms with E-state index < -0.39 is 17.5 Å². The zero-order valence-corrected chi connectivity index (χ0v) is 9.11. The van der Waals surface area contributed by atoms with E-state index in [9.17, 15) is 9.59 Å². The Balaban J connectivity index is 5.34. The van der Waals surface area contributed by atoms with Crippen molar-refractivity contribution in [2.75, 3.05) is 6.61 Å². The fourth-order valence-corrected chi connectivity index (χ4v) is 1.10. The molecule has 0 radical (unpaired) electrons. The average molecular weight is 216 g/mol. The van der Waals surface area contributed by atoms with Gasteiger partial charge >= 0.3 is 11.9 Å². The van der Waals surface area contributed by atoms with E-state index in [1.54, 1.807) is 13.8 Å². The third kappa shape index (κ3) is 3.61. The summed E-state index contributed by atoms with van der Waals surface area (Å²) in [5.41, 5.74) is -0.675. The summed E-state index contributed by atoms with van der Waals surface area (Å²) in [6, 6.07) is 0. The first-order valence-corrected chi connectivity index (χ1v) is 4.79. The molecule has 0 fully saturated rings. The number of hydrogen-bond acceptors (Lipinski definition) is 3. The normalized spacial score (nSPS) is 11.7. The van der Waals surface area contributed by atoms with Gasteiger partial charge in [-0.3, -0.25) is 0 Å². The van der Waals surface area contributed by atoms with Crippen LogP contribution in [0.4, 0.5) is 0 Å². The smallest absolute Gasteiger partial charge is 0.346 e. The molecule has 0 saturated heterocycles. The van der Waals surface area contributed by atoms with Crippen LogP contribution in [0.5, 0.6) is 0 Å². The van der Waals surface area contributed by atoms with Gasteiger partial charge in [0.1, 0.15) is 5.76 Å². The molecule has 0 heterocycles. The largest absolute Gasteiger partial charge is 0.497 e. The fraction of sp³-hybridized carbons (Fsp3) is 0.600. The molecule has 0 rings (SSSR count). The van der Waals surface area contributed by atoms with Crippen molar-refractivity contribution in [3.05, 3.63) is 11.3 Å². The van der Waals surface area contributed by atoms with Gasteiger partial charge in [0.05, 0.1) is 6.61 Å². The predicted molar refractivity (Wildman–Crippen MR) is 53.4 cm³/mol. The van der Waals surface area contributed by atoms with Gasteiger partial charge in [-0.1, -0.05) is 13.8 Å². The van der Waals surface area contributed by atoms with Crippen LogP contribution in [0.25, 0.3) is 0 Å². The summed E-state index contributed by atoms with van der Waals surface area (Å²) in [6.07, 6.45) is 0.624. The molecule has 0 saturated carbocycles. The lowest BCUT2D eigenvalue weighted by Crippen LogP contribution is -2.19. The summed E-state index contributed by atoms with van der Waals surface area (Å²) in [6.45, 7) is 5.51. The van der Waals surface area contributed by atoms with E-state index in [1.165, 1.54) is 0 Å². The summed E-state index contributed by atoms with van der Waals surface area (Å²) in [5.74, 6) is -3.11. The highest BCUT2D eigenvalue weighted by Crippen LogP contribution is 2.20. The highest BCUT2D eigenvalue weighted by atomic mass is 16.5. The summed E-state index contributed by atoms with van der Waals surface area (Å²) in [4.78, 5) is 21.5. The number of carbonyl (C=O) groups is 2. The molecule has 0 aromatic rings. The van der Waals surface area contributed by atoms with Crippen LogP contribution in [0, 0.1) is 5.92 Å². The first-order chi connectivity index (χ1) is 6.95. The van der Waals surface area contributed by atoms with Crippen LogP contribution in [0.3, 0.4) is 0 Å². The van der Waals surface area contributed by atoms with Crippen molar-refractivity contribution in [1.29, 1.82) is 0 Å². The van der Waals surface area contributed by atoms with E-state index >= 15 is 0 Å². The van der Waals surface area contributed by atoms with Crippen LogP contribution in [0.1, 0.15) is 27.2 Å². The summed E-state index contributed by atoms with van der Waals surface area (Å²) in [7, 11) is 0. The molecule has 0 bridgehead atoms. The van der Waals surface area contributed by atoms with Crippen molar-refractivity contribution >= 4 is 11.9 Å². The SMILES string of the molecule is CCOC(=C(C(=O)O)C(=O)O)C(C)CC. The molecule has 15 heavy (non-hydrogen) atoms. The third-order valence-electron chi connectivity index (χ3n) is 2.03. The summed E-state index contributed by atoms with van der Waals surface area (Å²) >= 11 is 0.